The van der Waals surface area contributed by atoms with E-state index in [0.717, 1.165) is 0 Å². The highest BCUT2D eigenvalue weighted by Crippen LogP contribution is 2.30. The minimum absolute atomic E-state index is 0.000314. The standard InChI is InChI=1S/C15H17N3O5/c1-6(2)7(3)17-9-10(14(21)13(9)20)18-8-4-5-16-11(12(8)19)15(22)23/h4-7,17,19H,1-3H3,(H,16,18)(H,22,23)/t7-/m0/s1. The number of anilines is 3. The minimum Gasteiger partial charge on any atom is -0.504 e. The summed E-state index contributed by atoms with van der Waals surface area (Å²) >= 11 is 0. The maximum atomic E-state index is 11.7. The number of rotatable bonds is 6. The van der Waals surface area contributed by atoms with E-state index in [1.165, 1.54) is 12.3 Å². The van der Waals surface area contributed by atoms with E-state index in [9.17, 15) is 19.5 Å². The highest BCUT2D eigenvalue weighted by atomic mass is 16.4. The third kappa shape index (κ3) is 3.01. The quantitative estimate of drug-likeness (QED) is 0.586. The first kappa shape index (κ1) is 16.5. The van der Waals surface area contributed by atoms with Crippen LogP contribution in [-0.4, -0.2) is 27.2 Å². The molecule has 0 aliphatic rings. The zero-order chi connectivity index (χ0) is 17.3. The zero-order valence-electron chi connectivity index (χ0n) is 12.9. The lowest BCUT2D eigenvalue weighted by Crippen LogP contribution is -2.39. The fraction of sp³-hybridized carbons (Fsp3) is 0.333. The molecule has 4 N–H and O–H groups in total. The normalized spacial score (nSPS) is 12.3. The molecule has 0 radical (unpaired) electrons. The second-order valence-corrected chi connectivity index (χ2v) is 5.57. The molecule has 8 nitrogen and oxygen atoms in total. The monoisotopic (exact) mass is 319 g/mol. The van der Waals surface area contributed by atoms with Crippen LogP contribution in [0.3, 0.4) is 0 Å². The summed E-state index contributed by atoms with van der Waals surface area (Å²) in [7, 11) is 0. The number of nitrogens with zero attached hydrogens (tertiary/aromatic N) is 1. The Morgan fingerprint density at radius 1 is 1.17 bits per heavy atom. The first-order valence-corrected chi connectivity index (χ1v) is 7.02. The first-order valence-electron chi connectivity index (χ1n) is 7.02. The van der Waals surface area contributed by atoms with Gasteiger partial charge in [-0.1, -0.05) is 13.8 Å². The molecule has 0 spiro atoms. The summed E-state index contributed by atoms with van der Waals surface area (Å²) in [6.07, 6.45) is 1.18. The Bertz CT molecular complexity index is 821. The van der Waals surface area contributed by atoms with Gasteiger partial charge in [0, 0.05) is 12.2 Å². The van der Waals surface area contributed by atoms with Crippen LogP contribution in [0.5, 0.6) is 5.75 Å². The molecule has 0 saturated heterocycles. The van der Waals surface area contributed by atoms with E-state index in [1.54, 1.807) is 0 Å². The molecule has 0 amide bonds. The molecule has 2 aromatic rings. The number of carbonyl (C=O) groups is 1. The summed E-state index contributed by atoms with van der Waals surface area (Å²) in [6, 6.07) is 1.27. The number of nitrogens with one attached hydrogen (secondary N) is 2. The van der Waals surface area contributed by atoms with E-state index in [0.29, 0.717) is 0 Å². The molecule has 0 fully saturated rings. The number of aromatic carboxylic acids is 1. The van der Waals surface area contributed by atoms with Gasteiger partial charge >= 0.3 is 5.97 Å². The van der Waals surface area contributed by atoms with E-state index in [4.69, 9.17) is 5.11 Å². The Hall–Kier alpha value is -2.90. The van der Waals surface area contributed by atoms with Gasteiger partial charge in [0.15, 0.2) is 11.4 Å². The zero-order valence-corrected chi connectivity index (χ0v) is 12.9. The summed E-state index contributed by atoms with van der Waals surface area (Å²) in [5, 5.41) is 24.4. The van der Waals surface area contributed by atoms with Gasteiger partial charge < -0.3 is 20.8 Å². The van der Waals surface area contributed by atoms with Gasteiger partial charge in [-0.3, -0.25) is 9.59 Å². The Morgan fingerprint density at radius 2 is 1.78 bits per heavy atom. The van der Waals surface area contributed by atoms with E-state index in [1.807, 2.05) is 20.8 Å². The average Bonchev–Trinajstić information content (AvgIpc) is 2.50. The Kier molecular flexibility index (Phi) is 4.35. The van der Waals surface area contributed by atoms with E-state index >= 15 is 0 Å². The summed E-state index contributed by atoms with van der Waals surface area (Å²) in [6.45, 7) is 5.80. The Balaban J connectivity index is 2.34. The van der Waals surface area contributed by atoms with E-state index < -0.39 is 28.3 Å². The fourth-order valence-corrected chi connectivity index (χ4v) is 1.89. The van der Waals surface area contributed by atoms with E-state index in [-0.39, 0.29) is 29.0 Å². The van der Waals surface area contributed by atoms with Crippen molar-refractivity contribution in [2.45, 2.75) is 26.8 Å². The van der Waals surface area contributed by atoms with Crippen molar-refractivity contribution >= 4 is 23.0 Å². The van der Waals surface area contributed by atoms with Crippen molar-refractivity contribution in [2.24, 2.45) is 5.92 Å². The molecular formula is C15H17N3O5. The number of hydrogen-bond acceptors (Lipinski definition) is 7. The van der Waals surface area contributed by atoms with Gasteiger partial charge in [0.25, 0.3) is 10.9 Å². The third-order valence-corrected chi connectivity index (χ3v) is 3.67. The molecule has 0 bridgehead atoms. The molecular weight excluding hydrogens is 302 g/mol. The third-order valence-electron chi connectivity index (χ3n) is 3.67. The van der Waals surface area contributed by atoms with Crippen LogP contribution in [0, 0.1) is 5.92 Å². The van der Waals surface area contributed by atoms with Crippen LogP contribution in [-0.2, 0) is 0 Å². The molecule has 0 aliphatic heterocycles. The van der Waals surface area contributed by atoms with Crippen molar-refractivity contribution in [1.82, 2.24) is 4.98 Å². The smallest absolute Gasteiger partial charge is 0.358 e. The van der Waals surface area contributed by atoms with Crippen molar-refractivity contribution in [3.63, 3.8) is 0 Å². The van der Waals surface area contributed by atoms with Crippen LogP contribution in [0.2, 0.25) is 0 Å². The summed E-state index contributed by atoms with van der Waals surface area (Å²) < 4.78 is 0. The summed E-state index contributed by atoms with van der Waals surface area (Å²) in [4.78, 5) is 37.9. The van der Waals surface area contributed by atoms with Crippen molar-refractivity contribution in [1.29, 1.82) is 0 Å². The molecule has 122 valence electrons. The number of hydrogen-bond donors (Lipinski definition) is 4. The van der Waals surface area contributed by atoms with Crippen molar-refractivity contribution < 1.29 is 15.0 Å². The molecule has 1 atom stereocenters. The second-order valence-electron chi connectivity index (χ2n) is 5.57. The molecule has 0 saturated carbocycles. The van der Waals surface area contributed by atoms with Gasteiger partial charge in [0.2, 0.25) is 0 Å². The maximum Gasteiger partial charge on any atom is 0.358 e. The van der Waals surface area contributed by atoms with Gasteiger partial charge in [-0.15, -0.1) is 0 Å². The summed E-state index contributed by atoms with van der Waals surface area (Å²) in [5.74, 6) is -1.76. The molecule has 0 unspecified atom stereocenters. The van der Waals surface area contributed by atoms with Crippen LogP contribution >= 0.6 is 0 Å². The fourth-order valence-electron chi connectivity index (χ4n) is 1.89. The Morgan fingerprint density at radius 3 is 2.35 bits per heavy atom. The topological polar surface area (TPSA) is 129 Å². The Labute approximate surface area is 131 Å². The van der Waals surface area contributed by atoms with Crippen LogP contribution in [0.4, 0.5) is 17.1 Å². The highest BCUT2D eigenvalue weighted by Gasteiger charge is 2.25. The van der Waals surface area contributed by atoms with Crippen molar-refractivity contribution in [2.75, 3.05) is 10.6 Å². The number of carboxylic acid groups (broad SMARTS) is 1. The SMILES string of the molecule is CC(C)[C@H](C)Nc1c(Nc2ccnc(C(=O)O)c2O)c(=O)c1=O. The molecule has 1 aromatic carbocycles. The molecule has 1 heterocycles. The lowest BCUT2D eigenvalue weighted by molar-refractivity contribution is 0.0687. The largest absolute Gasteiger partial charge is 0.504 e. The highest BCUT2D eigenvalue weighted by molar-refractivity contribution is 5.92. The number of aromatic nitrogens is 1. The van der Waals surface area contributed by atoms with Crippen LogP contribution in [0.1, 0.15) is 31.3 Å². The van der Waals surface area contributed by atoms with Crippen LogP contribution < -0.4 is 21.5 Å². The van der Waals surface area contributed by atoms with Gasteiger partial charge in [-0.05, 0) is 18.9 Å². The number of aromatic hydroxyl groups is 1. The van der Waals surface area contributed by atoms with Crippen molar-refractivity contribution in [3.05, 3.63) is 38.4 Å². The average molecular weight is 319 g/mol. The van der Waals surface area contributed by atoms with Gasteiger partial charge in [-0.25, -0.2) is 9.78 Å². The predicted octanol–water partition coefficient (Wildman–Crippen LogP) is 1.28. The summed E-state index contributed by atoms with van der Waals surface area (Å²) in [5.41, 5.74) is -1.79. The number of carboxylic acids is 1. The maximum absolute atomic E-state index is 11.7. The molecule has 8 heteroatoms. The lowest BCUT2D eigenvalue weighted by Gasteiger charge is -2.22. The van der Waals surface area contributed by atoms with Gasteiger partial charge in [0.05, 0.1) is 5.69 Å². The molecule has 23 heavy (non-hydrogen) atoms. The molecule has 2 rings (SSSR count). The van der Waals surface area contributed by atoms with Crippen LogP contribution in [0.25, 0.3) is 0 Å². The number of pyridine rings is 1. The molecule has 1 aromatic heterocycles. The first-order chi connectivity index (χ1) is 10.7. The van der Waals surface area contributed by atoms with Gasteiger partial charge in [-0.2, -0.15) is 0 Å². The molecule has 0 aliphatic carbocycles. The van der Waals surface area contributed by atoms with E-state index in [2.05, 4.69) is 15.6 Å². The van der Waals surface area contributed by atoms with Crippen LogP contribution in [0.15, 0.2) is 21.9 Å². The lowest BCUT2D eigenvalue weighted by atomic mass is 10.0. The predicted molar refractivity (Wildman–Crippen MR) is 85.4 cm³/mol. The van der Waals surface area contributed by atoms with Crippen molar-refractivity contribution in [3.8, 4) is 5.75 Å². The van der Waals surface area contributed by atoms with Gasteiger partial charge in [0.1, 0.15) is 11.4 Å². The minimum atomic E-state index is -1.40. The second kappa shape index (κ2) is 6.07.